The minimum Gasteiger partial charge on any atom is -0.467 e. The lowest BCUT2D eigenvalue weighted by Crippen LogP contribution is -2.38. The molecule has 2 aromatic rings. The van der Waals surface area contributed by atoms with Crippen LogP contribution in [0, 0.1) is 5.82 Å². The van der Waals surface area contributed by atoms with Gasteiger partial charge in [-0.3, -0.25) is 4.99 Å². The Kier molecular flexibility index (Phi) is 6.30. The predicted molar refractivity (Wildman–Crippen MR) is 100 cm³/mol. The first-order valence-corrected chi connectivity index (χ1v) is 8.74. The van der Waals surface area contributed by atoms with Crippen LogP contribution in [0.2, 0.25) is 5.02 Å². The molecule has 2 N–H and O–H groups in total. The standard InChI is InChI=1S/C19H21ClFN3O2/c1-22-19(23-7-6-13-2-4-16(20)5-3-13)24-10-14-8-17(21)9-15-11-25-12-26-18(14)15/h2-5,8-9H,6-7,10-12H2,1H3,(H2,22,23,24). The number of rotatable bonds is 5. The van der Waals surface area contributed by atoms with Gasteiger partial charge in [0, 0.05) is 36.3 Å². The van der Waals surface area contributed by atoms with Crippen LogP contribution in [0.25, 0.3) is 0 Å². The molecular formula is C19H21ClFN3O2. The molecule has 0 aromatic heterocycles. The van der Waals surface area contributed by atoms with Crippen LogP contribution in [0.15, 0.2) is 41.4 Å². The van der Waals surface area contributed by atoms with Crippen molar-refractivity contribution in [2.75, 3.05) is 20.4 Å². The summed E-state index contributed by atoms with van der Waals surface area (Å²) in [4.78, 5) is 4.20. The van der Waals surface area contributed by atoms with Crippen LogP contribution < -0.4 is 15.4 Å². The Morgan fingerprint density at radius 1 is 1.23 bits per heavy atom. The Hall–Kier alpha value is -2.31. The number of ether oxygens (including phenoxy) is 2. The van der Waals surface area contributed by atoms with Crippen LogP contribution in [-0.2, 0) is 24.3 Å². The summed E-state index contributed by atoms with van der Waals surface area (Å²) in [5.41, 5.74) is 2.65. The van der Waals surface area contributed by atoms with Gasteiger partial charge in [-0.25, -0.2) is 4.39 Å². The fourth-order valence-electron chi connectivity index (χ4n) is 2.76. The zero-order valence-electron chi connectivity index (χ0n) is 14.5. The molecule has 26 heavy (non-hydrogen) atoms. The molecule has 7 heteroatoms. The highest BCUT2D eigenvalue weighted by atomic mass is 35.5. The van der Waals surface area contributed by atoms with Gasteiger partial charge in [0.05, 0.1) is 6.61 Å². The van der Waals surface area contributed by atoms with E-state index in [9.17, 15) is 4.39 Å². The molecule has 0 spiro atoms. The molecule has 0 aliphatic carbocycles. The van der Waals surface area contributed by atoms with Gasteiger partial charge >= 0.3 is 0 Å². The van der Waals surface area contributed by atoms with Gasteiger partial charge in [0.2, 0.25) is 0 Å². The van der Waals surface area contributed by atoms with E-state index < -0.39 is 0 Å². The largest absolute Gasteiger partial charge is 0.467 e. The van der Waals surface area contributed by atoms with Crippen LogP contribution in [-0.4, -0.2) is 26.3 Å². The van der Waals surface area contributed by atoms with E-state index in [0.717, 1.165) is 22.6 Å². The van der Waals surface area contributed by atoms with Crippen molar-refractivity contribution in [2.45, 2.75) is 19.6 Å². The molecule has 138 valence electrons. The third-order valence-electron chi connectivity index (χ3n) is 4.04. The second kappa shape index (κ2) is 8.87. The van der Waals surface area contributed by atoms with Gasteiger partial charge in [0.1, 0.15) is 11.6 Å². The van der Waals surface area contributed by atoms with Crippen molar-refractivity contribution in [3.05, 3.63) is 63.9 Å². The number of benzene rings is 2. The summed E-state index contributed by atoms with van der Waals surface area (Å²) in [5, 5.41) is 7.16. The third-order valence-corrected chi connectivity index (χ3v) is 4.29. The van der Waals surface area contributed by atoms with Gasteiger partial charge in [0.15, 0.2) is 12.8 Å². The first kappa shape index (κ1) is 18.5. The van der Waals surface area contributed by atoms with Crippen LogP contribution in [0.1, 0.15) is 16.7 Å². The van der Waals surface area contributed by atoms with E-state index in [0.29, 0.717) is 31.4 Å². The SMILES string of the molecule is CN=C(NCCc1ccc(Cl)cc1)NCc1cc(F)cc2c1OCOC2. The summed E-state index contributed by atoms with van der Waals surface area (Å²) in [6, 6.07) is 10.7. The maximum Gasteiger partial charge on any atom is 0.191 e. The van der Waals surface area contributed by atoms with Crippen LogP contribution in [0.3, 0.4) is 0 Å². The third kappa shape index (κ3) is 4.86. The molecule has 2 aromatic carbocycles. The lowest BCUT2D eigenvalue weighted by atomic mass is 10.1. The molecule has 3 rings (SSSR count). The highest BCUT2D eigenvalue weighted by Gasteiger charge is 2.17. The summed E-state index contributed by atoms with van der Waals surface area (Å²) >= 11 is 5.89. The van der Waals surface area contributed by atoms with Crippen molar-refractivity contribution < 1.29 is 13.9 Å². The van der Waals surface area contributed by atoms with Gasteiger partial charge < -0.3 is 20.1 Å². The molecule has 0 radical (unpaired) electrons. The zero-order chi connectivity index (χ0) is 18.4. The summed E-state index contributed by atoms with van der Waals surface area (Å²) in [5.74, 6) is 1.02. The van der Waals surface area contributed by atoms with E-state index in [-0.39, 0.29) is 12.6 Å². The first-order chi connectivity index (χ1) is 12.7. The van der Waals surface area contributed by atoms with E-state index in [1.807, 2.05) is 24.3 Å². The Morgan fingerprint density at radius 3 is 2.81 bits per heavy atom. The summed E-state index contributed by atoms with van der Waals surface area (Å²) in [7, 11) is 1.70. The van der Waals surface area contributed by atoms with Crippen molar-refractivity contribution in [3.8, 4) is 5.75 Å². The molecule has 0 saturated heterocycles. The normalized spacial score (nSPS) is 13.7. The maximum absolute atomic E-state index is 13.8. The summed E-state index contributed by atoms with van der Waals surface area (Å²) in [6.45, 7) is 1.65. The van der Waals surface area contributed by atoms with Crippen molar-refractivity contribution in [1.82, 2.24) is 10.6 Å². The highest BCUT2D eigenvalue weighted by molar-refractivity contribution is 6.30. The smallest absolute Gasteiger partial charge is 0.191 e. The summed E-state index contributed by atoms with van der Waals surface area (Å²) < 4.78 is 24.5. The average molecular weight is 378 g/mol. The number of hydrogen-bond donors (Lipinski definition) is 2. The molecule has 5 nitrogen and oxygen atoms in total. The number of guanidine groups is 1. The molecular weight excluding hydrogens is 357 g/mol. The topological polar surface area (TPSA) is 54.9 Å². The van der Waals surface area contributed by atoms with E-state index >= 15 is 0 Å². The second-order valence-corrected chi connectivity index (χ2v) is 6.33. The minimum atomic E-state index is -0.305. The molecule has 0 fully saturated rings. The first-order valence-electron chi connectivity index (χ1n) is 8.36. The lowest BCUT2D eigenvalue weighted by molar-refractivity contribution is -0.0172. The van der Waals surface area contributed by atoms with Crippen molar-refractivity contribution in [2.24, 2.45) is 4.99 Å². The van der Waals surface area contributed by atoms with Crippen molar-refractivity contribution >= 4 is 17.6 Å². The molecule has 0 unspecified atom stereocenters. The highest BCUT2D eigenvalue weighted by Crippen LogP contribution is 2.29. The van der Waals surface area contributed by atoms with Crippen molar-refractivity contribution in [3.63, 3.8) is 0 Å². The molecule has 0 amide bonds. The predicted octanol–water partition coefficient (Wildman–Crippen LogP) is 3.25. The molecule has 0 atom stereocenters. The van der Waals surface area contributed by atoms with E-state index in [1.54, 1.807) is 7.05 Å². The fourth-order valence-corrected chi connectivity index (χ4v) is 2.89. The fraction of sp³-hybridized carbons (Fsp3) is 0.316. The van der Waals surface area contributed by atoms with Gasteiger partial charge in [-0.15, -0.1) is 0 Å². The number of hydrogen-bond acceptors (Lipinski definition) is 3. The monoisotopic (exact) mass is 377 g/mol. The Morgan fingerprint density at radius 2 is 2.04 bits per heavy atom. The van der Waals surface area contributed by atoms with E-state index in [2.05, 4.69) is 15.6 Å². The van der Waals surface area contributed by atoms with Crippen LogP contribution in [0.4, 0.5) is 4.39 Å². The van der Waals surface area contributed by atoms with Crippen LogP contribution >= 0.6 is 11.6 Å². The van der Waals surface area contributed by atoms with E-state index in [4.69, 9.17) is 21.1 Å². The van der Waals surface area contributed by atoms with E-state index in [1.165, 1.54) is 17.7 Å². The van der Waals surface area contributed by atoms with Gasteiger partial charge in [-0.2, -0.15) is 0 Å². The lowest BCUT2D eigenvalue weighted by Gasteiger charge is -2.21. The quantitative estimate of drug-likeness (QED) is 0.620. The average Bonchev–Trinajstić information content (AvgIpc) is 2.65. The Balaban J connectivity index is 1.54. The molecule has 1 aliphatic heterocycles. The molecule has 0 bridgehead atoms. The number of nitrogens with zero attached hydrogens (tertiary/aromatic N) is 1. The maximum atomic E-state index is 13.8. The number of nitrogens with one attached hydrogen (secondary N) is 2. The number of fused-ring (bicyclic) bond motifs is 1. The van der Waals surface area contributed by atoms with Crippen LogP contribution in [0.5, 0.6) is 5.75 Å². The van der Waals surface area contributed by atoms with Gasteiger partial charge in [-0.1, -0.05) is 23.7 Å². The van der Waals surface area contributed by atoms with Crippen molar-refractivity contribution in [1.29, 1.82) is 0 Å². The molecule has 0 saturated carbocycles. The second-order valence-electron chi connectivity index (χ2n) is 5.89. The Bertz CT molecular complexity index is 781. The van der Waals surface area contributed by atoms with Gasteiger partial charge in [0.25, 0.3) is 0 Å². The number of halogens is 2. The molecule has 1 heterocycles. The molecule has 1 aliphatic rings. The zero-order valence-corrected chi connectivity index (χ0v) is 15.3. The summed E-state index contributed by atoms with van der Waals surface area (Å²) in [6.07, 6.45) is 0.841. The number of aliphatic imine (C=N–C) groups is 1. The minimum absolute atomic E-state index is 0.180. The Labute approximate surface area is 157 Å². The van der Waals surface area contributed by atoms with Gasteiger partial charge in [-0.05, 0) is 36.2 Å².